The second-order valence-electron chi connectivity index (χ2n) is 7.04. The van der Waals surface area contributed by atoms with Gasteiger partial charge in [0.15, 0.2) is 0 Å². The van der Waals surface area contributed by atoms with Crippen LogP contribution in [0, 0.1) is 37.8 Å². The number of amides is 1. The van der Waals surface area contributed by atoms with Crippen LogP contribution in [0.1, 0.15) is 32.7 Å². The van der Waals surface area contributed by atoms with E-state index >= 15 is 0 Å². The third kappa shape index (κ3) is 4.43. The summed E-state index contributed by atoms with van der Waals surface area (Å²) in [6, 6.07) is 8.11. The first kappa shape index (κ1) is 20.1. The molecule has 0 aliphatic carbocycles. The Kier molecular flexibility index (Phi) is 5.36. The maximum absolute atomic E-state index is 12.6. The van der Waals surface area contributed by atoms with Gasteiger partial charge >= 0.3 is 0 Å². The molecule has 0 atom stereocenters. The first-order chi connectivity index (χ1) is 13.6. The van der Waals surface area contributed by atoms with Gasteiger partial charge in [0.2, 0.25) is 0 Å². The monoisotopic (exact) mass is 394 g/mol. The molecule has 0 bridgehead atoms. The lowest BCUT2D eigenvalue weighted by Crippen LogP contribution is -2.12. The number of aryl methyl sites for hydroxylation is 4. The lowest BCUT2D eigenvalue weighted by atomic mass is 10.1. The van der Waals surface area contributed by atoms with E-state index in [4.69, 9.17) is 4.74 Å². The molecule has 0 aliphatic heterocycles. The van der Waals surface area contributed by atoms with Gasteiger partial charge in [0.05, 0.1) is 27.9 Å². The van der Waals surface area contributed by atoms with Crippen LogP contribution in [0.2, 0.25) is 0 Å². The number of aromatic nitrogens is 2. The Morgan fingerprint density at radius 2 is 1.86 bits per heavy atom. The maximum atomic E-state index is 12.6. The third-order valence-corrected chi connectivity index (χ3v) is 4.61. The highest BCUT2D eigenvalue weighted by Gasteiger charge is 2.17. The SMILES string of the molecule is Cc1cc(C)c(C)c(Oc2cc(NC(=O)c3cn(C)nc3C)cc([N+](=O)[O-])c2)c1. The Hall–Kier alpha value is -3.68. The van der Waals surface area contributed by atoms with Gasteiger partial charge in [-0.3, -0.25) is 19.6 Å². The van der Waals surface area contributed by atoms with Gasteiger partial charge in [-0.25, -0.2) is 0 Å². The van der Waals surface area contributed by atoms with Gasteiger partial charge in [-0.2, -0.15) is 5.10 Å². The minimum atomic E-state index is -0.522. The van der Waals surface area contributed by atoms with E-state index in [9.17, 15) is 14.9 Å². The Morgan fingerprint density at radius 3 is 2.48 bits per heavy atom. The van der Waals surface area contributed by atoms with Crippen LogP contribution in [-0.2, 0) is 7.05 Å². The average molecular weight is 394 g/mol. The highest BCUT2D eigenvalue weighted by atomic mass is 16.6. The first-order valence-corrected chi connectivity index (χ1v) is 9.01. The summed E-state index contributed by atoms with van der Waals surface area (Å²) in [6.07, 6.45) is 1.60. The molecular formula is C21H22N4O4. The number of hydrogen-bond acceptors (Lipinski definition) is 5. The number of anilines is 1. The fourth-order valence-electron chi connectivity index (χ4n) is 3.07. The highest BCUT2D eigenvalue weighted by molar-refractivity contribution is 6.05. The second-order valence-corrected chi connectivity index (χ2v) is 7.04. The minimum absolute atomic E-state index is 0.178. The smallest absolute Gasteiger partial charge is 0.275 e. The Bertz CT molecular complexity index is 1120. The third-order valence-electron chi connectivity index (χ3n) is 4.61. The molecule has 1 heterocycles. The molecule has 1 N–H and O–H groups in total. The molecule has 1 amide bonds. The van der Waals surface area contributed by atoms with Gasteiger partial charge in [-0.1, -0.05) is 6.07 Å². The molecule has 0 aliphatic rings. The Labute approximate surface area is 168 Å². The van der Waals surface area contributed by atoms with E-state index in [-0.39, 0.29) is 17.1 Å². The zero-order valence-electron chi connectivity index (χ0n) is 16.9. The van der Waals surface area contributed by atoms with Crippen LogP contribution in [0.4, 0.5) is 11.4 Å². The van der Waals surface area contributed by atoms with Gasteiger partial charge in [0, 0.05) is 25.4 Å². The lowest BCUT2D eigenvalue weighted by molar-refractivity contribution is -0.384. The first-order valence-electron chi connectivity index (χ1n) is 9.01. The molecule has 0 saturated carbocycles. The Balaban J connectivity index is 1.95. The topological polar surface area (TPSA) is 99.3 Å². The van der Waals surface area contributed by atoms with Crippen molar-refractivity contribution in [3.63, 3.8) is 0 Å². The van der Waals surface area contributed by atoms with Gasteiger partial charge < -0.3 is 10.1 Å². The van der Waals surface area contributed by atoms with Crippen molar-refractivity contribution >= 4 is 17.3 Å². The predicted molar refractivity (Wildman–Crippen MR) is 110 cm³/mol. The molecule has 29 heavy (non-hydrogen) atoms. The molecule has 0 unspecified atom stereocenters. The number of hydrogen-bond donors (Lipinski definition) is 1. The summed E-state index contributed by atoms with van der Waals surface area (Å²) < 4.78 is 7.48. The zero-order valence-corrected chi connectivity index (χ0v) is 16.9. The number of nitro groups is 1. The van der Waals surface area contributed by atoms with Crippen LogP contribution in [-0.4, -0.2) is 20.6 Å². The van der Waals surface area contributed by atoms with Crippen molar-refractivity contribution < 1.29 is 14.5 Å². The van der Waals surface area contributed by atoms with E-state index in [2.05, 4.69) is 10.4 Å². The minimum Gasteiger partial charge on any atom is -0.457 e. The molecule has 150 valence electrons. The fourth-order valence-corrected chi connectivity index (χ4v) is 3.07. The van der Waals surface area contributed by atoms with Crippen LogP contribution >= 0.6 is 0 Å². The number of carbonyl (C=O) groups is 1. The quantitative estimate of drug-likeness (QED) is 0.503. The molecule has 3 aromatic rings. The predicted octanol–water partition coefficient (Wildman–Crippen LogP) is 4.61. The normalized spacial score (nSPS) is 10.7. The Morgan fingerprint density at radius 1 is 1.14 bits per heavy atom. The van der Waals surface area contributed by atoms with E-state index in [1.807, 2.05) is 32.9 Å². The molecule has 0 fully saturated rings. The maximum Gasteiger partial charge on any atom is 0.275 e. The van der Waals surface area contributed by atoms with E-state index in [1.165, 1.54) is 16.8 Å². The van der Waals surface area contributed by atoms with Crippen molar-refractivity contribution in [3.05, 3.63) is 74.6 Å². The zero-order chi connectivity index (χ0) is 21.3. The summed E-state index contributed by atoms with van der Waals surface area (Å²) in [5.74, 6) is 0.485. The van der Waals surface area contributed by atoms with Crippen LogP contribution in [0.15, 0.2) is 36.5 Å². The van der Waals surface area contributed by atoms with Crippen molar-refractivity contribution in [1.82, 2.24) is 9.78 Å². The average Bonchev–Trinajstić information content (AvgIpc) is 2.97. The van der Waals surface area contributed by atoms with Crippen molar-refractivity contribution in [2.24, 2.45) is 7.05 Å². The van der Waals surface area contributed by atoms with Gasteiger partial charge in [0.25, 0.3) is 11.6 Å². The standard InChI is InChI=1S/C21H22N4O4/c1-12-6-13(2)14(3)20(7-12)29-18-9-16(8-17(10-18)25(27)28)22-21(26)19-11-24(5)23-15(19)4/h6-11H,1-5H3,(H,22,26). The van der Waals surface area contributed by atoms with E-state index in [0.29, 0.717) is 17.0 Å². The number of carbonyl (C=O) groups excluding carboxylic acids is 1. The van der Waals surface area contributed by atoms with Gasteiger partial charge in [0.1, 0.15) is 11.5 Å². The van der Waals surface area contributed by atoms with Crippen LogP contribution in [0.3, 0.4) is 0 Å². The number of ether oxygens (including phenoxy) is 1. The van der Waals surface area contributed by atoms with Gasteiger partial charge in [-0.05, 0) is 50.5 Å². The van der Waals surface area contributed by atoms with E-state index < -0.39 is 10.8 Å². The fraction of sp³-hybridized carbons (Fsp3) is 0.238. The molecule has 0 spiro atoms. The molecular weight excluding hydrogens is 372 g/mol. The molecule has 0 radical (unpaired) electrons. The number of rotatable bonds is 5. The van der Waals surface area contributed by atoms with E-state index in [1.54, 1.807) is 26.2 Å². The number of benzene rings is 2. The summed E-state index contributed by atoms with van der Waals surface area (Å²) in [6.45, 7) is 7.58. The largest absolute Gasteiger partial charge is 0.457 e. The summed E-state index contributed by atoms with van der Waals surface area (Å²) >= 11 is 0. The summed E-state index contributed by atoms with van der Waals surface area (Å²) in [5.41, 5.74) is 4.08. The molecule has 0 saturated heterocycles. The number of nitrogens with zero attached hydrogens (tertiary/aromatic N) is 3. The van der Waals surface area contributed by atoms with Crippen molar-refractivity contribution in [2.75, 3.05) is 5.32 Å². The number of non-ortho nitro benzene ring substituents is 1. The van der Waals surface area contributed by atoms with E-state index in [0.717, 1.165) is 16.7 Å². The van der Waals surface area contributed by atoms with Crippen LogP contribution < -0.4 is 10.1 Å². The summed E-state index contributed by atoms with van der Waals surface area (Å²) in [7, 11) is 1.72. The van der Waals surface area contributed by atoms with Gasteiger partial charge in [-0.15, -0.1) is 0 Å². The number of nitrogens with one attached hydrogen (secondary N) is 1. The second kappa shape index (κ2) is 7.75. The van der Waals surface area contributed by atoms with Crippen molar-refractivity contribution in [3.8, 4) is 11.5 Å². The van der Waals surface area contributed by atoms with Crippen molar-refractivity contribution in [2.45, 2.75) is 27.7 Å². The molecule has 1 aromatic heterocycles. The number of nitro benzene ring substituents is 1. The molecule has 8 nitrogen and oxygen atoms in total. The highest BCUT2D eigenvalue weighted by Crippen LogP contribution is 2.33. The van der Waals surface area contributed by atoms with Crippen molar-refractivity contribution in [1.29, 1.82) is 0 Å². The lowest BCUT2D eigenvalue weighted by Gasteiger charge is -2.13. The molecule has 3 rings (SSSR count). The summed E-state index contributed by atoms with van der Waals surface area (Å²) in [4.78, 5) is 23.4. The molecule has 8 heteroatoms. The van der Waals surface area contributed by atoms with Crippen LogP contribution in [0.5, 0.6) is 11.5 Å². The molecule has 2 aromatic carbocycles. The van der Waals surface area contributed by atoms with Crippen LogP contribution in [0.25, 0.3) is 0 Å². The summed E-state index contributed by atoms with van der Waals surface area (Å²) in [5, 5.41) is 18.2.